The maximum atomic E-state index is 6.23. The highest BCUT2D eigenvalue weighted by molar-refractivity contribution is 6.31. The predicted octanol–water partition coefficient (Wildman–Crippen LogP) is 3.86. The summed E-state index contributed by atoms with van der Waals surface area (Å²) in [6, 6.07) is 16.1. The first kappa shape index (κ1) is 13.0. The molecular weight excluding hydrogens is 270 g/mol. The van der Waals surface area contributed by atoms with Gasteiger partial charge in [-0.3, -0.25) is 0 Å². The Morgan fingerprint density at radius 1 is 1.15 bits per heavy atom. The molecule has 102 valence electrons. The van der Waals surface area contributed by atoms with Crippen molar-refractivity contribution in [2.45, 2.75) is 19.5 Å². The van der Waals surface area contributed by atoms with Crippen molar-refractivity contribution in [2.75, 3.05) is 0 Å². The molecule has 3 rings (SSSR count). The number of rotatable bonds is 2. The van der Waals surface area contributed by atoms with Crippen LogP contribution < -0.4 is 5.73 Å². The highest BCUT2D eigenvalue weighted by Crippen LogP contribution is 2.34. The summed E-state index contributed by atoms with van der Waals surface area (Å²) in [5, 5.41) is 0.756. The average Bonchev–Trinajstić information content (AvgIpc) is 2.45. The van der Waals surface area contributed by atoms with Crippen LogP contribution in [0.2, 0.25) is 5.02 Å². The molecule has 0 fully saturated rings. The second-order valence-corrected chi connectivity index (χ2v) is 5.33. The highest BCUT2D eigenvalue weighted by atomic mass is 35.5. The molecule has 2 aromatic carbocycles. The monoisotopic (exact) mass is 285 g/mol. The van der Waals surface area contributed by atoms with Crippen LogP contribution in [0.3, 0.4) is 0 Å². The summed E-state index contributed by atoms with van der Waals surface area (Å²) < 4.78 is 0. The number of hydrogen-bond acceptors (Lipinski definition) is 3. The molecule has 1 aliphatic heterocycles. The maximum absolute atomic E-state index is 6.23. The molecule has 1 atom stereocenters. The number of hydrogen-bond donors (Lipinski definition) is 1. The molecule has 2 aromatic rings. The summed E-state index contributed by atoms with van der Waals surface area (Å²) in [7, 11) is 0. The fourth-order valence-corrected chi connectivity index (χ4v) is 2.72. The van der Waals surface area contributed by atoms with Crippen molar-refractivity contribution < 1.29 is 0 Å². The zero-order valence-corrected chi connectivity index (χ0v) is 12.0. The van der Waals surface area contributed by atoms with Gasteiger partial charge in [-0.05, 0) is 24.6 Å². The smallest absolute Gasteiger partial charge is 0.197 e. The van der Waals surface area contributed by atoms with E-state index in [0.29, 0.717) is 12.5 Å². The quantitative estimate of drug-likeness (QED) is 0.910. The van der Waals surface area contributed by atoms with Gasteiger partial charge in [-0.15, -0.1) is 0 Å². The van der Waals surface area contributed by atoms with Crippen molar-refractivity contribution in [3.63, 3.8) is 0 Å². The first-order valence-electron chi connectivity index (χ1n) is 6.60. The molecule has 0 bridgehead atoms. The SMILES string of the molecule is CC1c2ccccc2N=C(N)N1Cc1ccccc1Cl. The number of halogens is 1. The molecule has 4 heteroatoms. The van der Waals surface area contributed by atoms with Crippen LogP contribution >= 0.6 is 11.6 Å². The molecule has 0 saturated heterocycles. The molecule has 2 N–H and O–H groups in total. The lowest BCUT2D eigenvalue weighted by atomic mass is 10.0. The maximum Gasteiger partial charge on any atom is 0.197 e. The van der Waals surface area contributed by atoms with E-state index in [1.165, 1.54) is 5.56 Å². The molecule has 20 heavy (non-hydrogen) atoms. The predicted molar refractivity (Wildman–Crippen MR) is 83.1 cm³/mol. The molecule has 1 unspecified atom stereocenters. The van der Waals surface area contributed by atoms with E-state index in [-0.39, 0.29) is 6.04 Å². The van der Waals surface area contributed by atoms with Gasteiger partial charge in [0.1, 0.15) is 0 Å². The van der Waals surface area contributed by atoms with Gasteiger partial charge >= 0.3 is 0 Å². The van der Waals surface area contributed by atoms with E-state index in [1.54, 1.807) is 0 Å². The van der Waals surface area contributed by atoms with Crippen molar-refractivity contribution in [3.8, 4) is 0 Å². The van der Waals surface area contributed by atoms with E-state index in [4.69, 9.17) is 17.3 Å². The third-order valence-corrected chi connectivity index (χ3v) is 4.05. The summed E-state index contributed by atoms with van der Waals surface area (Å²) >= 11 is 6.23. The minimum Gasteiger partial charge on any atom is -0.369 e. The van der Waals surface area contributed by atoms with Crippen molar-refractivity contribution in [1.82, 2.24) is 4.90 Å². The topological polar surface area (TPSA) is 41.6 Å². The Labute approximate surface area is 123 Å². The van der Waals surface area contributed by atoms with Crippen LogP contribution in [0.1, 0.15) is 24.1 Å². The molecule has 1 heterocycles. The second kappa shape index (κ2) is 5.17. The number of aliphatic imine (C=N–C) groups is 1. The third kappa shape index (κ3) is 2.25. The number of benzene rings is 2. The van der Waals surface area contributed by atoms with Crippen LogP contribution in [0.15, 0.2) is 53.5 Å². The number of nitrogens with two attached hydrogens (primary N) is 1. The van der Waals surface area contributed by atoms with Crippen LogP contribution in [-0.2, 0) is 6.54 Å². The Kier molecular flexibility index (Phi) is 3.36. The van der Waals surface area contributed by atoms with E-state index in [0.717, 1.165) is 16.3 Å². The van der Waals surface area contributed by atoms with Crippen molar-refractivity contribution in [3.05, 3.63) is 64.7 Å². The van der Waals surface area contributed by atoms with E-state index in [2.05, 4.69) is 22.9 Å². The van der Waals surface area contributed by atoms with Crippen LogP contribution in [0.5, 0.6) is 0 Å². The largest absolute Gasteiger partial charge is 0.369 e. The molecule has 0 spiro atoms. The minimum absolute atomic E-state index is 0.181. The molecule has 0 radical (unpaired) electrons. The first-order valence-corrected chi connectivity index (χ1v) is 6.98. The summed E-state index contributed by atoms with van der Waals surface area (Å²) in [5.41, 5.74) is 9.31. The Morgan fingerprint density at radius 3 is 2.65 bits per heavy atom. The van der Waals surface area contributed by atoms with Gasteiger partial charge in [0.05, 0.1) is 11.7 Å². The average molecular weight is 286 g/mol. The molecule has 3 nitrogen and oxygen atoms in total. The lowest BCUT2D eigenvalue weighted by Crippen LogP contribution is -2.40. The number of para-hydroxylation sites is 1. The molecule has 1 aliphatic rings. The molecule has 0 aromatic heterocycles. The molecule has 0 saturated carbocycles. The van der Waals surface area contributed by atoms with Gasteiger partial charge in [0.25, 0.3) is 0 Å². The molecular formula is C16H16ClN3. The number of nitrogens with zero attached hydrogens (tertiary/aromatic N) is 2. The fraction of sp³-hybridized carbons (Fsp3) is 0.188. The minimum atomic E-state index is 0.181. The van der Waals surface area contributed by atoms with Crippen LogP contribution in [0.4, 0.5) is 5.69 Å². The Morgan fingerprint density at radius 2 is 1.85 bits per heavy atom. The van der Waals surface area contributed by atoms with E-state index in [1.807, 2.05) is 42.5 Å². The molecule has 0 amide bonds. The van der Waals surface area contributed by atoms with E-state index in [9.17, 15) is 0 Å². The Balaban J connectivity index is 1.94. The van der Waals surface area contributed by atoms with Crippen molar-refractivity contribution >= 4 is 23.2 Å². The summed E-state index contributed by atoms with van der Waals surface area (Å²) in [5.74, 6) is 0.538. The van der Waals surface area contributed by atoms with Crippen LogP contribution in [0.25, 0.3) is 0 Å². The highest BCUT2D eigenvalue weighted by Gasteiger charge is 2.25. The van der Waals surface area contributed by atoms with Gasteiger partial charge in [-0.1, -0.05) is 48.0 Å². The van der Waals surface area contributed by atoms with Gasteiger partial charge in [0.15, 0.2) is 5.96 Å². The van der Waals surface area contributed by atoms with Crippen molar-refractivity contribution in [1.29, 1.82) is 0 Å². The summed E-state index contributed by atoms with van der Waals surface area (Å²) in [6.07, 6.45) is 0. The van der Waals surface area contributed by atoms with Gasteiger partial charge in [-0.25, -0.2) is 4.99 Å². The Hall–Kier alpha value is -2.00. The van der Waals surface area contributed by atoms with Gasteiger partial charge in [-0.2, -0.15) is 0 Å². The van der Waals surface area contributed by atoms with Crippen molar-refractivity contribution in [2.24, 2.45) is 10.7 Å². The zero-order chi connectivity index (χ0) is 14.1. The van der Waals surface area contributed by atoms with Crippen LogP contribution in [-0.4, -0.2) is 10.9 Å². The lowest BCUT2D eigenvalue weighted by Gasteiger charge is -2.34. The number of fused-ring (bicyclic) bond motifs is 1. The summed E-state index contributed by atoms with van der Waals surface area (Å²) in [6.45, 7) is 2.79. The zero-order valence-electron chi connectivity index (χ0n) is 11.3. The van der Waals surface area contributed by atoms with Gasteiger partial charge in [0, 0.05) is 17.1 Å². The lowest BCUT2D eigenvalue weighted by molar-refractivity contribution is 0.320. The Bertz CT molecular complexity index is 666. The van der Waals surface area contributed by atoms with Gasteiger partial charge < -0.3 is 10.6 Å². The second-order valence-electron chi connectivity index (χ2n) is 4.92. The summed E-state index contributed by atoms with van der Waals surface area (Å²) in [4.78, 5) is 6.55. The van der Waals surface area contributed by atoms with E-state index >= 15 is 0 Å². The first-order chi connectivity index (χ1) is 9.66. The number of guanidine groups is 1. The third-order valence-electron chi connectivity index (χ3n) is 3.68. The fourth-order valence-electron chi connectivity index (χ4n) is 2.52. The normalized spacial score (nSPS) is 17.6. The standard InChI is InChI=1S/C16H16ClN3/c1-11-13-7-3-5-9-15(13)19-16(18)20(11)10-12-6-2-4-8-14(12)17/h2-9,11H,10H2,1H3,(H2,18,19). The van der Waals surface area contributed by atoms with E-state index < -0.39 is 0 Å². The molecule has 0 aliphatic carbocycles. The van der Waals surface area contributed by atoms with Crippen LogP contribution in [0, 0.1) is 0 Å². The van der Waals surface area contributed by atoms with Gasteiger partial charge in [0.2, 0.25) is 0 Å².